The molecule has 0 fully saturated rings. The minimum atomic E-state index is -0.179. The van der Waals surface area contributed by atoms with Gasteiger partial charge in [0.2, 0.25) is 0 Å². The van der Waals surface area contributed by atoms with Gasteiger partial charge in [-0.2, -0.15) is 0 Å². The molecule has 2 aromatic rings. The molecule has 1 aromatic heterocycles. The van der Waals surface area contributed by atoms with Crippen LogP contribution >= 0.6 is 11.3 Å². The van der Waals surface area contributed by atoms with Crippen LogP contribution in [0.3, 0.4) is 0 Å². The highest BCUT2D eigenvalue weighted by molar-refractivity contribution is 7.12. The zero-order chi connectivity index (χ0) is 13.8. The minimum absolute atomic E-state index is 0.00802. The summed E-state index contributed by atoms with van der Waals surface area (Å²) in [5, 5.41) is 5.78. The summed E-state index contributed by atoms with van der Waals surface area (Å²) in [5.41, 5.74) is 1.98. The first-order valence-corrected chi connectivity index (χ1v) is 7.07. The second-order valence-electron chi connectivity index (χ2n) is 4.55. The molecule has 0 aliphatic rings. The molecule has 3 nitrogen and oxygen atoms in total. The van der Waals surface area contributed by atoms with Crippen molar-refractivity contribution in [1.29, 1.82) is 0 Å². The van der Waals surface area contributed by atoms with Crippen LogP contribution in [0.2, 0.25) is 0 Å². The van der Waals surface area contributed by atoms with E-state index in [1.165, 1.54) is 15.3 Å². The highest BCUT2D eigenvalue weighted by Gasteiger charge is 2.13. The maximum absolute atomic E-state index is 11.9. The zero-order valence-corrected chi connectivity index (χ0v) is 12.2. The number of urea groups is 1. The minimum Gasteiger partial charge on any atom is -0.331 e. The van der Waals surface area contributed by atoms with Crippen LogP contribution in [0.5, 0.6) is 0 Å². The molecule has 100 valence electrons. The smallest absolute Gasteiger partial charge is 0.319 e. The monoisotopic (exact) mass is 274 g/mol. The number of carbonyl (C=O) groups is 1. The van der Waals surface area contributed by atoms with E-state index in [1.807, 2.05) is 37.3 Å². The van der Waals surface area contributed by atoms with Crippen LogP contribution in [-0.4, -0.2) is 6.03 Å². The second kappa shape index (κ2) is 5.89. The molecule has 2 N–H and O–H groups in total. The summed E-state index contributed by atoms with van der Waals surface area (Å²) in [6.45, 7) is 6.16. The Bertz CT molecular complexity index is 563. The first kappa shape index (κ1) is 13.6. The van der Waals surface area contributed by atoms with E-state index in [2.05, 4.69) is 30.5 Å². The van der Waals surface area contributed by atoms with Crippen molar-refractivity contribution >= 4 is 23.1 Å². The molecule has 0 saturated heterocycles. The van der Waals surface area contributed by atoms with Crippen LogP contribution in [0.1, 0.15) is 28.3 Å². The van der Waals surface area contributed by atoms with Crippen LogP contribution in [0.15, 0.2) is 36.4 Å². The van der Waals surface area contributed by atoms with E-state index >= 15 is 0 Å². The lowest BCUT2D eigenvalue weighted by Gasteiger charge is -2.14. The Labute approximate surface area is 117 Å². The Hall–Kier alpha value is -1.81. The Morgan fingerprint density at radius 1 is 1.21 bits per heavy atom. The van der Waals surface area contributed by atoms with E-state index in [9.17, 15) is 4.79 Å². The van der Waals surface area contributed by atoms with E-state index in [0.717, 1.165) is 5.69 Å². The van der Waals surface area contributed by atoms with Gasteiger partial charge < -0.3 is 10.6 Å². The van der Waals surface area contributed by atoms with Crippen molar-refractivity contribution in [3.8, 4) is 0 Å². The van der Waals surface area contributed by atoms with Gasteiger partial charge in [-0.05, 0) is 44.5 Å². The van der Waals surface area contributed by atoms with Crippen molar-refractivity contribution in [1.82, 2.24) is 5.32 Å². The first-order chi connectivity index (χ1) is 9.06. The highest BCUT2D eigenvalue weighted by atomic mass is 32.1. The highest BCUT2D eigenvalue weighted by Crippen LogP contribution is 2.26. The summed E-state index contributed by atoms with van der Waals surface area (Å²) in [4.78, 5) is 14.4. The molecule has 0 spiro atoms. The quantitative estimate of drug-likeness (QED) is 0.863. The second-order valence-corrected chi connectivity index (χ2v) is 6.02. The molecular weight excluding hydrogens is 256 g/mol. The van der Waals surface area contributed by atoms with Crippen molar-refractivity contribution < 1.29 is 4.79 Å². The van der Waals surface area contributed by atoms with Crippen molar-refractivity contribution in [3.63, 3.8) is 0 Å². The Kier molecular flexibility index (Phi) is 4.22. The molecule has 0 radical (unpaired) electrons. The number of benzene rings is 1. The summed E-state index contributed by atoms with van der Waals surface area (Å²) in [7, 11) is 0. The lowest BCUT2D eigenvalue weighted by molar-refractivity contribution is 0.249. The molecule has 1 aromatic carbocycles. The SMILES string of the molecule is Cc1cc(C(C)NC(=O)Nc2ccccc2)c(C)s1. The number of rotatable bonds is 3. The Morgan fingerprint density at radius 2 is 1.89 bits per heavy atom. The van der Waals surface area contributed by atoms with Crippen molar-refractivity contribution in [2.24, 2.45) is 0 Å². The lowest BCUT2D eigenvalue weighted by atomic mass is 10.1. The molecule has 0 bridgehead atoms. The predicted octanol–water partition coefficient (Wildman–Crippen LogP) is 4.25. The molecule has 4 heteroatoms. The van der Waals surface area contributed by atoms with E-state index in [0.29, 0.717) is 0 Å². The third kappa shape index (κ3) is 3.58. The van der Waals surface area contributed by atoms with Crippen molar-refractivity contribution in [2.75, 3.05) is 5.32 Å². The average Bonchev–Trinajstić information content (AvgIpc) is 2.69. The predicted molar refractivity (Wildman–Crippen MR) is 80.8 cm³/mol. The summed E-state index contributed by atoms with van der Waals surface area (Å²) in [6, 6.07) is 11.4. The van der Waals surface area contributed by atoms with Gasteiger partial charge >= 0.3 is 6.03 Å². The van der Waals surface area contributed by atoms with E-state index in [-0.39, 0.29) is 12.1 Å². The van der Waals surface area contributed by atoms with Gasteiger partial charge in [-0.15, -0.1) is 11.3 Å². The van der Waals surface area contributed by atoms with Crippen LogP contribution in [-0.2, 0) is 0 Å². The van der Waals surface area contributed by atoms with Crippen LogP contribution < -0.4 is 10.6 Å². The number of nitrogens with one attached hydrogen (secondary N) is 2. The Balaban J connectivity index is 1.97. The van der Waals surface area contributed by atoms with Crippen molar-refractivity contribution in [3.05, 3.63) is 51.7 Å². The number of aryl methyl sites for hydroxylation is 2. The molecule has 0 saturated carbocycles. The maximum Gasteiger partial charge on any atom is 0.319 e. The van der Waals surface area contributed by atoms with Crippen molar-refractivity contribution in [2.45, 2.75) is 26.8 Å². The molecule has 19 heavy (non-hydrogen) atoms. The molecule has 1 unspecified atom stereocenters. The summed E-state index contributed by atoms with van der Waals surface area (Å²) < 4.78 is 0. The number of carbonyl (C=O) groups excluding carboxylic acids is 1. The number of thiophene rings is 1. The third-order valence-corrected chi connectivity index (χ3v) is 3.91. The first-order valence-electron chi connectivity index (χ1n) is 6.26. The van der Waals surface area contributed by atoms with Gasteiger partial charge in [-0.1, -0.05) is 18.2 Å². The number of para-hydroxylation sites is 1. The topological polar surface area (TPSA) is 41.1 Å². The summed E-state index contributed by atoms with van der Waals surface area (Å²) >= 11 is 1.76. The van der Waals surface area contributed by atoms with Gasteiger partial charge in [0.1, 0.15) is 0 Å². The van der Waals surface area contributed by atoms with E-state index in [4.69, 9.17) is 0 Å². The molecule has 2 amide bonds. The molecule has 0 aliphatic carbocycles. The summed E-state index contributed by atoms with van der Waals surface area (Å²) in [5.74, 6) is 0. The molecule has 2 rings (SSSR count). The standard InChI is InChI=1S/C15H18N2OS/c1-10-9-14(12(3)19-10)11(2)16-15(18)17-13-7-5-4-6-8-13/h4-9,11H,1-3H3,(H2,16,17,18). The molecular formula is C15H18N2OS. The number of amides is 2. The number of anilines is 1. The molecule has 1 atom stereocenters. The van der Waals surface area contributed by atoms with Gasteiger partial charge in [-0.25, -0.2) is 4.79 Å². The maximum atomic E-state index is 11.9. The zero-order valence-electron chi connectivity index (χ0n) is 11.4. The fourth-order valence-electron chi connectivity index (χ4n) is 2.04. The number of hydrogen-bond donors (Lipinski definition) is 2. The van der Waals surface area contributed by atoms with E-state index in [1.54, 1.807) is 11.3 Å². The van der Waals surface area contributed by atoms with Crippen LogP contribution in [0.4, 0.5) is 10.5 Å². The largest absolute Gasteiger partial charge is 0.331 e. The van der Waals surface area contributed by atoms with Gasteiger partial charge in [-0.3, -0.25) is 0 Å². The summed E-state index contributed by atoms with van der Waals surface area (Å²) in [6.07, 6.45) is 0. The van der Waals surface area contributed by atoms with Gasteiger partial charge in [0.25, 0.3) is 0 Å². The third-order valence-electron chi connectivity index (χ3n) is 2.93. The van der Waals surface area contributed by atoms with Gasteiger partial charge in [0.15, 0.2) is 0 Å². The number of hydrogen-bond acceptors (Lipinski definition) is 2. The van der Waals surface area contributed by atoms with Gasteiger partial charge in [0.05, 0.1) is 6.04 Å². The molecule has 0 aliphatic heterocycles. The van der Waals surface area contributed by atoms with Gasteiger partial charge in [0, 0.05) is 15.4 Å². The lowest BCUT2D eigenvalue weighted by Crippen LogP contribution is -2.31. The van der Waals surface area contributed by atoms with Crippen LogP contribution in [0, 0.1) is 13.8 Å². The Morgan fingerprint density at radius 3 is 2.47 bits per heavy atom. The van der Waals surface area contributed by atoms with E-state index < -0.39 is 0 Å². The van der Waals surface area contributed by atoms with Crippen LogP contribution in [0.25, 0.3) is 0 Å². The fourth-order valence-corrected chi connectivity index (χ4v) is 3.07. The normalized spacial score (nSPS) is 11.9. The molecule has 1 heterocycles. The fraction of sp³-hybridized carbons (Fsp3) is 0.267. The average molecular weight is 274 g/mol.